The first-order chi connectivity index (χ1) is 43.2. The maximum absolute atomic E-state index is 9.16. The van der Waals surface area contributed by atoms with Crippen LogP contribution in [0.2, 0.25) is 0 Å². The van der Waals surface area contributed by atoms with E-state index < -0.39 is 25.1 Å². The summed E-state index contributed by atoms with van der Waals surface area (Å²) >= 11 is -3.83. The number of ether oxygens (including phenoxy) is 1. The van der Waals surface area contributed by atoms with Crippen molar-refractivity contribution in [2.45, 2.75) is 53.3 Å². The summed E-state index contributed by atoms with van der Waals surface area (Å²) in [5.74, 6) is 1.65. The van der Waals surface area contributed by atoms with Gasteiger partial charge in [0.15, 0.2) is 0 Å². The number of pyridine rings is 1. The van der Waals surface area contributed by atoms with Gasteiger partial charge in [-0.25, -0.2) is 4.98 Å². The Balaban J connectivity index is 0.00000707. The van der Waals surface area contributed by atoms with E-state index in [0.29, 0.717) is 22.9 Å². The number of nitrogens with zero attached hydrogens (tertiary/aromatic N) is 4. The summed E-state index contributed by atoms with van der Waals surface area (Å²) in [6.45, 7) is 15.1. The molecule has 1 aliphatic rings. The molecule has 15 rings (SSSR count). The van der Waals surface area contributed by atoms with Gasteiger partial charge in [0.1, 0.15) is 5.82 Å². The zero-order valence-electron chi connectivity index (χ0n) is 52.0. The molecule has 0 radical (unpaired) electrons. The van der Waals surface area contributed by atoms with Crippen molar-refractivity contribution in [2.75, 3.05) is 4.90 Å². The van der Waals surface area contributed by atoms with Gasteiger partial charge in [-0.15, -0.1) is 17.5 Å². The normalized spacial score (nSPS) is 13.0. The van der Waals surface area contributed by atoms with Gasteiger partial charge in [0.25, 0.3) is 0 Å². The number of para-hydroxylation sites is 3. The Bertz CT molecular complexity index is 5070. The fourth-order valence-corrected chi connectivity index (χ4v) is 23.5. The zero-order chi connectivity index (χ0) is 60.8. The van der Waals surface area contributed by atoms with Gasteiger partial charge in [0.05, 0.1) is 0 Å². The molecule has 0 amide bonds. The van der Waals surface area contributed by atoms with Gasteiger partial charge in [-0.2, -0.15) is 6.07 Å². The van der Waals surface area contributed by atoms with E-state index >= 15 is 0 Å². The minimum Gasteiger partial charge on any atom is -0.159 e. The molecule has 0 N–H and O–H groups in total. The van der Waals surface area contributed by atoms with Crippen LogP contribution in [0.4, 0.5) is 11.4 Å². The molecule has 7 heteroatoms. The first-order valence-corrected chi connectivity index (χ1v) is 34.2. The fraction of sp³-hybridized carbons (Fsp3) is 0.111. The minimum absolute atomic E-state index is 0. The van der Waals surface area contributed by atoms with Gasteiger partial charge < -0.3 is 4.57 Å². The molecule has 0 aliphatic carbocycles. The summed E-state index contributed by atoms with van der Waals surface area (Å²) in [5.41, 5.74) is 8.96. The molecule has 3 aromatic heterocycles. The molecule has 11 aromatic carbocycles. The van der Waals surface area contributed by atoms with Crippen LogP contribution in [-0.2, 0) is 32.9 Å². The monoisotopic (exact) mass is 1380 g/mol. The van der Waals surface area contributed by atoms with Crippen molar-refractivity contribution in [1.82, 2.24) is 14.1 Å². The van der Waals surface area contributed by atoms with E-state index in [-0.39, 0.29) is 26.5 Å². The van der Waals surface area contributed by atoms with Gasteiger partial charge >= 0.3 is 373 Å². The average molecular weight is 1380 g/mol. The summed E-state index contributed by atoms with van der Waals surface area (Å²) in [6.07, 6.45) is 0.0883. The molecule has 1 aliphatic heterocycles. The molecule has 0 saturated heterocycles. The van der Waals surface area contributed by atoms with Gasteiger partial charge in [-0.05, 0) is 40.9 Å². The molecular formula is C81H65GeN4OPt-3. The quantitative estimate of drug-likeness (QED) is 0.101. The van der Waals surface area contributed by atoms with Crippen LogP contribution in [0.25, 0.3) is 82.1 Å². The van der Waals surface area contributed by atoms with Crippen LogP contribution in [0.15, 0.2) is 267 Å². The molecule has 432 valence electrons. The molecule has 0 saturated carbocycles. The van der Waals surface area contributed by atoms with Crippen LogP contribution >= 0.6 is 0 Å². The second-order valence-electron chi connectivity index (χ2n) is 24.9. The Hall–Kier alpha value is -9.13. The second-order valence-corrected chi connectivity index (χ2v) is 32.9. The van der Waals surface area contributed by atoms with Gasteiger partial charge in [0.2, 0.25) is 0 Å². The molecule has 0 fully saturated rings. The first-order valence-electron chi connectivity index (χ1n) is 31.0. The van der Waals surface area contributed by atoms with E-state index in [1.807, 2.05) is 57.2 Å². The molecule has 0 bridgehead atoms. The van der Waals surface area contributed by atoms with Crippen LogP contribution in [0.5, 0.6) is 11.5 Å². The number of rotatable bonds is 10. The minimum atomic E-state index is -3.83. The molecular weight excluding hydrogens is 1310 g/mol. The molecule has 0 unspecified atom stereocenters. The zero-order valence-corrected chi connectivity index (χ0v) is 54.4. The number of fused-ring (bicyclic) bond motifs is 10. The predicted octanol–water partition coefficient (Wildman–Crippen LogP) is 18.2. The van der Waals surface area contributed by atoms with Crippen molar-refractivity contribution in [3.8, 4) is 28.4 Å². The SMILES string of the molecule is [2H]C([2H])(c1ccnc(-n2c3[c-]c(Oc4[c-]c(N5[CH-]n6c7c(-c8cc(C(C)(C)C)c[c]([Ge]([c]9ccccc9)([c]9ccccc9)[c]9ccccc9)c8)cccc7c7ccccc7c7ccccc7c7cccc5c76)ccc4)ccc3c3ccccc32)c1)C(C)(C)C.[Pt]. The Labute approximate surface area is 535 Å². The molecule has 5 nitrogen and oxygen atoms in total. The molecule has 0 spiro atoms. The van der Waals surface area contributed by atoms with E-state index in [1.165, 1.54) is 33.9 Å². The van der Waals surface area contributed by atoms with Crippen molar-refractivity contribution in [1.29, 1.82) is 0 Å². The summed E-state index contributed by atoms with van der Waals surface area (Å²) in [6, 6.07) is 102. The number of hydrogen-bond donors (Lipinski definition) is 0. The van der Waals surface area contributed by atoms with Gasteiger partial charge in [-0.1, -0.05) is 44.5 Å². The van der Waals surface area contributed by atoms with Crippen molar-refractivity contribution < 1.29 is 28.5 Å². The van der Waals surface area contributed by atoms with Gasteiger partial charge in [0, 0.05) is 41.3 Å². The smallest absolute Gasteiger partial charge is 0.159 e. The average Bonchev–Trinajstić information content (AvgIpc) is 1.31. The van der Waals surface area contributed by atoms with Crippen molar-refractivity contribution >= 4 is 107 Å². The topological polar surface area (TPSA) is 35.2 Å². The third kappa shape index (κ3) is 9.86. The maximum atomic E-state index is 9.16. The third-order valence-corrected chi connectivity index (χ3v) is 27.2. The van der Waals surface area contributed by atoms with Crippen LogP contribution in [0, 0.1) is 24.2 Å². The summed E-state index contributed by atoms with van der Waals surface area (Å²) in [4.78, 5) is 7.11. The van der Waals surface area contributed by atoms with Crippen LogP contribution in [0.3, 0.4) is 0 Å². The molecule has 0 atom stereocenters. The Kier molecular flexibility index (Phi) is 13.9. The summed E-state index contributed by atoms with van der Waals surface area (Å²) < 4.78 is 35.2. The van der Waals surface area contributed by atoms with E-state index in [9.17, 15) is 0 Å². The van der Waals surface area contributed by atoms with Crippen LogP contribution < -0.4 is 27.2 Å². The fourth-order valence-electron chi connectivity index (χ4n) is 13.4. The van der Waals surface area contributed by atoms with Crippen LogP contribution in [0.1, 0.15) is 55.4 Å². The molecule has 88 heavy (non-hydrogen) atoms. The van der Waals surface area contributed by atoms with Crippen molar-refractivity contribution in [3.05, 3.63) is 297 Å². The number of benzene rings is 11. The Morgan fingerprint density at radius 1 is 0.489 bits per heavy atom. The van der Waals surface area contributed by atoms with E-state index in [0.717, 1.165) is 76.9 Å². The standard InChI is InChI=1S/C81H65GeN4O.Pt/c1-80(2,3)53-55-45-46-83-77(47-55)86-74-41-21-20-37-70(74)71-44-43-64(52-76(71)86)87-63-32-22-31-62(51-63)84-54-85-78-65(38-23-39-72(78)68-35-18-16-33-66(68)67-34-17-19-36-69(67)73-40-24-42-75(84)79(73)85)56-48-57(81(4,5)6)50-61(49-56)82(58-25-10-7-11-26-58,59-27-12-8-13-28-59)60-29-14-9-15-30-60;/h7-50,54H,53H2,1-6H3;/q-3;/i53D2;. The Morgan fingerprint density at radius 2 is 1.03 bits per heavy atom. The van der Waals surface area contributed by atoms with E-state index in [4.69, 9.17) is 12.5 Å². The van der Waals surface area contributed by atoms with E-state index in [2.05, 4.69) is 272 Å². The summed E-state index contributed by atoms with van der Waals surface area (Å²) in [7, 11) is 0. The first kappa shape index (κ1) is 54.3. The predicted molar refractivity (Wildman–Crippen MR) is 368 cm³/mol. The van der Waals surface area contributed by atoms with E-state index in [1.54, 1.807) is 12.3 Å². The second kappa shape index (κ2) is 22.5. The van der Waals surface area contributed by atoms with Crippen molar-refractivity contribution in [2.24, 2.45) is 5.41 Å². The molecule has 4 heterocycles. The summed E-state index contributed by atoms with van der Waals surface area (Å²) in [5, 5.41) is 8.90. The third-order valence-electron chi connectivity index (χ3n) is 17.2. The van der Waals surface area contributed by atoms with Crippen molar-refractivity contribution in [3.63, 3.8) is 0 Å². The Morgan fingerprint density at radius 3 is 1.66 bits per heavy atom. The molecule has 14 aromatic rings. The number of anilines is 2. The number of aromatic nitrogens is 3. The van der Waals surface area contributed by atoms with Crippen LogP contribution in [-0.4, -0.2) is 27.4 Å². The number of hydrogen-bond acceptors (Lipinski definition) is 3. The van der Waals surface area contributed by atoms with Gasteiger partial charge in [-0.3, -0.25) is 0 Å².